The predicted molar refractivity (Wildman–Crippen MR) is 128 cm³/mol. The Bertz CT molecular complexity index is 1180. The molecule has 1 unspecified atom stereocenters. The Morgan fingerprint density at radius 2 is 1.88 bits per heavy atom. The zero-order chi connectivity index (χ0) is 24.0. The molecule has 0 aliphatic heterocycles. The van der Waals surface area contributed by atoms with E-state index in [9.17, 15) is 18.9 Å². The largest absolute Gasteiger partial charge is 0.481 e. The lowest BCUT2D eigenvalue weighted by Crippen LogP contribution is -2.15. The average Bonchev–Trinajstić information content (AvgIpc) is 2.76. The number of aromatic nitrogens is 1. The van der Waals surface area contributed by atoms with Gasteiger partial charge in [-0.25, -0.2) is 4.39 Å². The highest BCUT2D eigenvalue weighted by atomic mass is 31.1. The molecule has 0 aliphatic rings. The van der Waals surface area contributed by atoms with Crippen molar-refractivity contribution >= 4 is 31.0 Å². The molecule has 0 spiro atoms. The summed E-state index contributed by atoms with van der Waals surface area (Å²) in [5, 5.41) is 19.2. The molecule has 33 heavy (non-hydrogen) atoms. The van der Waals surface area contributed by atoms with Crippen molar-refractivity contribution in [2.45, 2.75) is 32.3 Å². The second kappa shape index (κ2) is 11.3. The molecule has 2 N–H and O–H groups in total. The number of rotatable bonds is 10. The quantitative estimate of drug-likeness (QED) is 0.379. The van der Waals surface area contributed by atoms with Crippen LogP contribution in [-0.2, 0) is 13.9 Å². The Labute approximate surface area is 192 Å². The highest BCUT2D eigenvalue weighted by molar-refractivity contribution is 7.39. The Morgan fingerprint density at radius 1 is 1.18 bits per heavy atom. The van der Waals surface area contributed by atoms with Gasteiger partial charge in [-0.15, -0.1) is 0 Å². The number of pyridine rings is 1. The maximum atomic E-state index is 13.6. The molecule has 8 heteroatoms. The van der Waals surface area contributed by atoms with E-state index in [1.54, 1.807) is 18.2 Å². The van der Waals surface area contributed by atoms with Crippen LogP contribution in [0, 0.1) is 5.82 Å². The molecule has 0 bridgehead atoms. The van der Waals surface area contributed by atoms with E-state index in [1.807, 2.05) is 44.2 Å². The van der Waals surface area contributed by atoms with Crippen LogP contribution in [0.25, 0.3) is 28.1 Å². The fourth-order valence-electron chi connectivity index (χ4n) is 3.61. The van der Waals surface area contributed by atoms with Crippen LogP contribution < -0.4 is 0 Å². The number of benzene rings is 2. The van der Waals surface area contributed by atoms with E-state index in [4.69, 9.17) is 14.6 Å². The minimum Gasteiger partial charge on any atom is -0.481 e. The number of carbonyl (C=O) groups is 1. The molecule has 1 heterocycles. The van der Waals surface area contributed by atoms with Gasteiger partial charge in [0.1, 0.15) is 5.82 Å². The third kappa shape index (κ3) is 6.57. The van der Waals surface area contributed by atoms with E-state index in [-0.39, 0.29) is 24.5 Å². The number of para-hydroxylation sites is 1. The first-order valence-corrected chi connectivity index (χ1v) is 12.2. The van der Waals surface area contributed by atoms with Crippen molar-refractivity contribution in [3.63, 3.8) is 0 Å². The lowest BCUT2D eigenvalue weighted by molar-refractivity contribution is -0.138. The summed E-state index contributed by atoms with van der Waals surface area (Å²) in [6, 6.07) is 14.1. The summed E-state index contributed by atoms with van der Waals surface area (Å²) >= 11 is 0. The van der Waals surface area contributed by atoms with Gasteiger partial charge < -0.3 is 14.7 Å². The minimum atomic E-state index is -2.59. The zero-order valence-electron chi connectivity index (χ0n) is 18.5. The fourth-order valence-corrected chi connectivity index (χ4v) is 4.54. The summed E-state index contributed by atoms with van der Waals surface area (Å²) in [6.07, 6.45) is 1.69. The molecule has 2 atom stereocenters. The summed E-state index contributed by atoms with van der Waals surface area (Å²) in [5.74, 6) is -1.36. The average molecular weight is 471 g/mol. The highest BCUT2D eigenvalue weighted by Crippen LogP contribution is 2.36. The van der Waals surface area contributed by atoms with Gasteiger partial charge in [0, 0.05) is 22.7 Å². The SMILES string of the molecule is CC(C)c1nc2ccccc2c(-c2ccc(F)cc2)c1/C=C/CO[PH](=O)C[C@@H](O)CC(=O)O. The molecule has 0 aliphatic carbocycles. The van der Waals surface area contributed by atoms with Gasteiger partial charge in [-0.05, 0) is 29.7 Å². The third-order valence-electron chi connectivity index (χ3n) is 5.08. The van der Waals surface area contributed by atoms with Crippen LogP contribution in [-0.4, -0.2) is 40.0 Å². The molecule has 0 amide bonds. The van der Waals surface area contributed by atoms with E-state index in [0.717, 1.165) is 33.3 Å². The third-order valence-corrected chi connectivity index (χ3v) is 6.37. The maximum absolute atomic E-state index is 13.6. The van der Waals surface area contributed by atoms with Crippen molar-refractivity contribution in [3.8, 4) is 11.1 Å². The summed E-state index contributed by atoms with van der Waals surface area (Å²) in [5.41, 5.74) is 4.35. The van der Waals surface area contributed by atoms with Crippen molar-refractivity contribution in [1.29, 1.82) is 0 Å². The second-order valence-corrected chi connectivity index (χ2v) is 9.45. The van der Waals surface area contributed by atoms with Crippen molar-refractivity contribution in [1.82, 2.24) is 4.98 Å². The molecule has 3 rings (SSSR count). The van der Waals surface area contributed by atoms with Gasteiger partial charge in [-0.3, -0.25) is 14.3 Å². The van der Waals surface area contributed by atoms with E-state index >= 15 is 0 Å². The van der Waals surface area contributed by atoms with E-state index in [2.05, 4.69) is 0 Å². The number of hydrogen-bond donors (Lipinski definition) is 2. The van der Waals surface area contributed by atoms with E-state index in [0.29, 0.717) is 0 Å². The highest BCUT2D eigenvalue weighted by Gasteiger charge is 2.17. The molecule has 174 valence electrons. The van der Waals surface area contributed by atoms with Gasteiger partial charge >= 0.3 is 5.97 Å². The molecule has 6 nitrogen and oxygen atoms in total. The Morgan fingerprint density at radius 3 is 2.55 bits per heavy atom. The zero-order valence-corrected chi connectivity index (χ0v) is 19.5. The smallest absolute Gasteiger partial charge is 0.305 e. The van der Waals surface area contributed by atoms with Crippen LogP contribution in [0.1, 0.15) is 37.4 Å². The van der Waals surface area contributed by atoms with Crippen molar-refractivity contribution in [3.05, 3.63) is 71.7 Å². The first-order valence-electron chi connectivity index (χ1n) is 10.7. The summed E-state index contributed by atoms with van der Waals surface area (Å²) in [4.78, 5) is 15.5. The number of fused-ring (bicyclic) bond motifs is 1. The molecular weight excluding hydrogens is 444 g/mol. The normalized spacial score (nSPS) is 13.6. The second-order valence-electron chi connectivity index (χ2n) is 8.01. The number of hydrogen-bond acceptors (Lipinski definition) is 5. The lowest BCUT2D eigenvalue weighted by atomic mass is 9.90. The number of nitrogens with zero attached hydrogens (tertiary/aromatic N) is 1. The van der Waals surface area contributed by atoms with Crippen LogP contribution in [0.15, 0.2) is 54.6 Å². The van der Waals surface area contributed by atoms with Crippen LogP contribution in [0.5, 0.6) is 0 Å². The molecule has 2 aromatic carbocycles. The standard InChI is InChI=1S/C25H27FNO5P/c1-16(2)25-21(7-5-13-32-33(31)15-19(28)14-23(29)30)24(17-9-11-18(26)12-10-17)20-6-3-4-8-22(20)27-25/h3-12,16,19,28,33H,13-15H2,1-2H3,(H,29,30)/b7-5+/t19-/m0/s1. The maximum Gasteiger partial charge on any atom is 0.305 e. The number of carboxylic acid groups (broad SMARTS) is 1. The topological polar surface area (TPSA) is 96.7 Å². The van der Waals surface area contributed by atoms with E-state index < -0.39 is 26.5 Å². The Hall–Kier alpha value is -2.86. The number of aliphatic hydroxyl groups excluding tert-OH is 1. The number of halogens is 1. The van der Waals surface area contributed by atoms with Gasteiger partial charge in [0.25, 0.3) is 0 Å². The molecule has 0 fully saturated rings. The summed E-state index contributed by atoms with van der Waals surface area (Å²) in [7, 11) is -2.59. The Balaban J connectivity index is 1.93. The van der Waals surface area contributed by atoms with Gasteiger partial charge in [-0.1, -0.05) is 56.3 Å². The lowest BCUT2D eigenvalue weighted by Gasteiger charge is -2.17. The molecule has 1 aromatic heterocycles. The molecular formula is C25H27FNO5P. The van der Waals surface area contributed by atoms with Crippen molar-refractivity contribution < 1.29 is 28.5 Å². The molecule has 0 radical (unpaired) electrons. The first-order chi connectivity index (χ1) is 15.8. The van der Waals surface area contributed by atoms with Gasteiger partial charge in [0.05, 0.1) is 30.3 Å². The molecule has 0 saturated heterocycles. The predicted octanol–water partition coefficient (Wildman–Crippen LogP) is 5.50. The molecule has 3 aromatic rings. The number of aliphatic hydroxyl groups is 1. The van der Waals surface area contributed by atoms with Gasteiger partial charge in [0.15, 0.2) is 8.03 Å². The fraction of sp³-hybridized carbons (Fsp3) is 0.280. The minimum absolute atomic E-state index is 0.0325. The Kier molecular flexibility index (Phi) is 8.50. The van der Waals surface area contributed by atoms with E-state index in [1.165, 1.54) is 12.1 Å². The summed E-state index contributed by atoms with van der Waals surface area (Å²) < 4.78 is 30.9. The summed E-state index contributed by atoms with van der Waals surface area (Å²) in [6.45, 7) is 4.12. The number of aliphatic carboxylic acids is 1. The first kappa shape index (κ1) is 24.8. The van der Waals surface area contributed by atoms with Crippen LogP contribution in [0.2, 0.25) is 0 Å². The van der Waals surface area contributed by atoms with Gasteiger partial charge in [0.2, 0.25) is 0 Å². The number of carboxylic acids is 1. The van der Waals surface area contributed by atoms with Crippen LogP contribution in [0.3, 0.4) is 0 Å². The van der Waals surface area contributed by atoms with Crippen LogP contribution >= 0.6 is 8.03 Å². The molecule has 0 saturated carbocycles. The monoisotopic (exact) mass is 471 g/mol. The van der Waals surface area contributed by atoms with Crippen LogP contribution in [0.4, 0.5) is 4.39 Å². The van der Waals surface area contributed by atoms with Crippen molar-refractivity contribution in [2.24, 2.45) is 0 Å². The van der Waals surface area contributed by atoms with Gasteiger partial charge in [-0.2, -0.15) is 0 Å². The van der Waals surface area contributed by atoms with Crippen molar-refractivity contribution in [2.75, 3.05) is 12.8 Å².